The van der Waals surface area contributed by atoms with Crippen LogP contribution in [-0.2, 0) is 6.42 Å². The number of Topliss-reactive ketones (excluding diaryl/α,β-unsaturated/α-hetero) is 1. The summed E-state index contributed by atoms with van der Waals surface area (Å²) in [4.78, 5) is 14.4. The fraction of sp³-hybridized carbons (Fsp3) is 0.588. The van der Waals surface area contributed by atoms with Crippen molar-refractivity contribution in [3.8, 4) is 0 Å². The molecular formula is C17H25NO. The minimum absolute atomic E-state index is 0.279. The highest BCUT2D eigenvalue weighted by atomic mass is 16.1. The van der Waals surface area contributed by atoms with Gasteiger partial charge in [0.1, 0.15) is 0 Å². The molecule has 1 aromatic carbocycles. The van der Waals surface area contributed by atoms with Crippen LogP contribution in [0.25, 0.3) is 0 Å². The zero-order chi connectivity index (χ0) is 13.7. The van der Waals surface area contributed by atoms with Crippen LogP contribution in [0.15, 0.2) is 24.3 Å². The minimum atomic E-state index is 0.279. The van der Waals surface area contributed by atoms with Crippen LogP contribution in [0.4, 0.5) is 0 Å². The van der Waals surface area contributed by atoms with Gasteiger partial charge >= 0.3 is 0 Å². The second-order valence-corrected chi connectivity index (χ2v) is 5.74. The predicted molar refractivity (Wildman–Crippen MR) is 79.6 cm³/mol. The zero-order valence-electron chi connectivity index (χ0n) is 12.2. The largest absolute Gasteiger partial charge is 0.306 e. The van der Waals surface area contributed by atoms with Gasteiger partial charge in [0, 0.05) is 12.0 Å². The lowest BCUT2D eigenvalue weighted by Crippen LogP contribution is -2.19. The monoisotopic (exact) mass is 259 g/mol. The number of carbonyl (C=O) groups excluding carboxylic acids is 1. The standard InChI is InChI=1S/C17H25NO/c1-3-17(19)16-9-5-4-8-15(16)13-14-7-6-11-18(2)12-10-14/h4-5,8-9,14H,3,6-7,10-13H2,1-2H3. The molecule has 0 amide bonds. The molecular weight excluding hydrogens is 234 g/mol. The van der Waals surface area contributed by atoms with Gasteiger partial charge in [0.05, 0.1) is 0 Å². The molecule has 1 atom stereocenters. The fourth-order valence-electron chi connectivity index (χ4n) is 2.98. The lowest BCUT2D eigenvalue weighted by Gasteiger charge is -2.16. The maximum atomic E-state index is 12.0. The van der Waals surface area contributed by atoms with Crippen molar-refractivity contribution in [3.05, 3.63) is 35.4 Å². The molecule has 1 unspecified atom stereocenters. The Balaban J connectivity index is 2.08. The summed E-state index contributed by atoms with van der Waals surface area (Å²) in [6.07, 6.45) is 5.50. The molecule has 2 nitrogen and oxygen atoms in total. The summed E-state index contributed by atoms with van der Waals surface area (Å²) >= 11 is 0. The molecule has 0 saturated carbocycles. The first kappa shape index (κ1) is 14.3. The van der Waals surface area contributed by atoms with Gasteiger partial charge < -0.3 is 4.90 Å². The number of nitrogens with zero attached hydrogens (tertiary/aromatic N) is 1. The van der Waals surface area contributed by atoms with E-state index in [9.17, 15) is 4.79 Å². The first-order valence-electron chi connectivity index (χ1n) is 7.50. The number of hydrogen-bond donors (Lipinski definition) is 0. The Hall–Kier alpha value is -1.15. The van der Waals surface area contributed by atoms with Gasteiger partial charge in [-0.25, -0.2) is 0 Å². The average Bonchev–Trinajstić information content (AvgIpc) is 2.63. The van der Waals surface area contributed by atoms with Crippen molar-refractivity contribution in [1.82, 2.24) is 4.90 Å². The van der Waals surface area contributed by atoms with Gasteiger partial charge in [-0.15, -0.1) is 0 Å². The first-order chi connectivity index (χ1) is 9.20. The number of benzene rings is 1. The summed E-state index contributed by atoms with van der Waals surface area (Å²) in [6, 6.07) is 8.17. The molecule has 1 aliphatic heterocycles. The summed E-state index contributed by atoms with van der Waals surface area (Å²) < 4.78 is 0. The van der Waals surface area contributed by atoms with Gasteiger partial charge in [0.15, 0.2) is 5.78 Å². The first-order valence-corrected chi connectivity index (χ1v) is 7.50. The third-order valence-corrected chi connectivity index (χ3v) is 4.22. The lowest BCUT2D eigenvalue weighted by molar-refractivity contribution is 0.0987. The molecule has 1 fully saturated rings. The van der Waals surface area contributed by atoms with Crippen LogP contribution in [0.5, 0.6) is 0 Å². The van der Waals surface area contributed by atoms with Crippen LogP contribution >= 0.6 is 0 Å². The molecule has 2 rings (SSSR count). The van der Waals surface area contributed by atoms with Crippen LogP contribution in [0, 0.1) is 5.92 Å². The molecule has 19 heavy (non-hydrogen) atoms. The summed E-state index contributed by atoms with van der Waals surface area (Å²) in [6.45, 7) is 4.35. The molecule has 0 spiro atoms. The van der Waals surface area contributed by atoms with Gasteiger partial charge in [-0.2, -0.15) is 0 Å². The third kappa shape index (κ3) is 3.90. The molecule has 0 aliphatic carbocycles. The van der Waals surface area contributed by atoms with Crippen LogP contribution in [-0.4, -0.2) is 30.8 Å². The van der Waals surface area contributed by atoms with Crippen LogP contribution in [0.1, 0.15) is 48.5 Å². The van der Waals surface area contributed by atoms with Gasteiger partial charge in [-0.3, -0.25) is 4.79 Å². The second-order valence-electron chi connectivity index (χ2n) is 5.74. The van der Waals surface area contributed by atoms with Gasteiger partial charge in [0.25, 0.3) is 0 Å². The van der Waals surface area contributed by atoms with E-state index in [4.69, 9.17) is 0 Å². The van der Waals surface area contributed by atoms with Crippen molar-refractivity contribution < 1.29 is 4.79 Å². The highest BCUT2D eigenvalue weighted by Crippen LogP contribution is 2.23. The summed E-state index contributed by atoms with van der Waals surface area (Å²) in [5.41, 5.74) is 2.20. The molecule has 2 heteroatoms. The summed E-state index contributed by atoms with van der Waals surface area (Å²) in [5.74, 6) is 1.01. The quantitative estimate of drug-likeness (QED) is 0.771. The normalized spacial score (nSPS) is 21.1. The van der Waals surface area contributed by atoms with E-state index in [0.717, 1.165) is 17.9 Å². The predicted octanol–water partition coefficient (Wildman–Crippen LogP) is 3.55. The third-order valence-electron chi connectivity index (χ3n) is 4.22. The fourth-order valence-corrected chi connectivity index (χ4v) is 2.98. The maximum absolute atomic E-state index is 12.0. The Morgan fingerprint density at radius 1 is 1.26 bits per heavy atom. The van der Waals surface area contributed by atoms with Crippen molar-refractivity contribution in [2.75, 3.05) is 20.1 Å². The number of hydrogen-bond acceptors (Lipinski definition) is 2. The Labute approximate surface area is 116 Å². The zero-order valence-corrected chi connectivity index (χ0v) is 12.2. The summed E-state index contributed by atoms with van der Waals surface area (Å²) in [5, 5.41) is 0. The molecule has 104 valence electrons. The molecule has 1 heterocycles. The molecule has 1 aromatic rings. The molecule has 0 bridgehead atoms. The summed E-state index contributed by atoms with van der Waals surface area (Å²) in [7, 11) is 2.21. The van der Waals surface area contributed by atoms with Crippen LogP contribution in [0.3, 0.4) is 0 Å². The molecule has 0 aromatic heterocycles. The SMILES string of the molecule is CCC(=O)c1ccccc1CC1CCCN(C)CC1. The molecule has 0 N–H and O–H groups in total. The molecule has 1 saturated heterocycles. The number of rotatable bonds is 4. The van der Waals surface area contributed by atoms with E-state index in [1.807, 2.05) is 19.1 Å². The van der Waals surface area contributed by atoms with E-state index in [-0.39, 0.29) is 5.78 Å². The Kier molecular flexibility index (Phi) is 5.15. The number of carbonyl (C=O) groups is 1. The van der Waals surface area contributed by atoms with E-state index in [2.05, 4.69) is 24.1 Å². The van der Waals surface area contributed by atoms with Crippen molar-refractivity contribution in [2.24, 2.45) is 5.92 Å². The van der Waals surface area contributed by atoms with Crippen molar-refractivity contribution in [3.63, 3.8) is 0 Å². The van der Waals surface area contributed by atoms with E-state index >= 15 is 0 Å². The van der Waals surface area contributed by atoms with E-state index < -0.39 is 0 Å². The highest BCUT2D eigenvalue weighted by molar-refractivity contribution is 5.97. The van der Waals surface area contributed by atoms with E-state index in [1.54, 1.807) is 0 Å². The Morgan fingerprint density at radius 2 is 2.05 bits per heavy atom. The van der Waals surface area contributed by atoms with Crippen molar-refractivity contribution >= 4 is 5.78 Å². The highest BCUT2D eigenvalue weighted by Gasteiger charge is 2.17. The average molecular weight is 259 g/mol. The van der Waals surface area contributed by atoms with Crippen molar-refractivity contribution in [2.45, 2.75) is 39.0 Å². The smallest absolute Gasteiger partial charge is 0.162 e. The van der Waals surface area contributed by atoms with Crippen LogP contribution in [0.2, 0.25) is 0 Å². The topological polar surface area (TPSA) is 20.3 Å². The maximum Gasteiger partial charge on any atom is 0.162 e. The van der Waals surface area contributed by atoms with Gasteiger partial charge in [-0.05, 0) is 57.3 Å². The Morgan fingerprint density at radius 3 is 2.84 bits per heavy atom. The minimum Gasteiger partial charge on any atom is -0.306 e. The lowest BCUT2D eigenvalue weighted by atomic mass is 9.89. The number of ketones is 1. The van der Waals surface area contributed by atoms with Crippen LogP contribution < -0.4 is 0 Å². The van der Waals surface area contributed by atoms with Crippen molar-refractivity contribution in [1.29, 1.82) is 0 Å². The second kappa shape index (κ2) is 6.85. The molecule has 0 radical (unpaired) electrons. The van der Waals surface area contributed by atoms with E-state index in [0.29, 0.717) is 6.42 Å². The van der Waals surface area contributed by atoms with Gasteiger partial charge in [-0.1, -0.05) is 31.2 Å². The Bertz CT molecular complexity index is 427. The van der Waals surface area contributed by atoms with E-state index in [1.165, 1.54) is 37.9 Å². The molecule has 1 aliphatic rings. The van der Waals surface area contributed by atoms with Gasteiger partial charge in [0.2, 0.25) is 0 Å². The number of likely N-dealkylation sites (tertiary alicyclic amines) is 1.